The molecule has 0 N–H and O–H groups in total. The molecule has 12 heteroatoms. The van der Waals surface area contributed by atoms with Crippen LogP contribution in [-0.4, -0.2) is 98.2 Å². The number of hydrogen-bond acceptors (Lipinski definition) is 9. The first-order valence-corrected chi connectivity index (χ1v) is 18.8. The van der Waals surface area contributed by atoms with Gasteiger partial charge in [-0.1, -0.05) is 0 Å². The number of rotatable bonds is 17. The second-order valence-electron chi connectivity index (χ2n) is 15.1. The van der Waals surface area contributed by atoms with Crippen molar-refractivity contribution < 1.29 is 42.8 Å². The Kier molecular flexibility index (Phi) is 13.5. The maximum atomic E-state index is 15.0. The van der Waals surface area contributed by atoms with Gasteiger partial charge >= 0.3 is 12.1 Å². The fourth-order valence-corrected chi connectivity index (χ4v) is 7.02. The molecule has 3 aromatic rings. The summed E-state index contributed by atoms with van der Waals surface area (Å²) in [4.78, 5) is 43.6. The third-order valence-electron chi connectivity index (χ3n) is 9.81. The third-order valence-corrected chi connectivity index (χ3v) is 9.81. The van der Waals surface area contributed by atoms with Crippen molar-refractivity contribution in [3.05, 3.63) is 53.7 Å². The zero-order valence-electron chi connectivity index (χ0n) is 32.5. The Balaban J connectivity index is 1.43. The molecule has 12 nitrogen and oxygen atoms in total. The maximum Gasteiger partial charge on any atom is 0.410 e. The molecule has 53 heavy (non-hydrogen) atoms. The van der Waals surface area contributed by atoms with Gasteiger partial charge in [-0.05, 0) is 94.3 Å². The van der Waals surface area contributed by atoms with Crippen LogP contribution >= 0.6 is 0 Å². The summed E-state index contributed by atoms with van der Waals surface area (Å²) in [5.74, 6) is 1.23. The van der Waals surface area contributed by atoms with Crippen molar-refractivity contribution in [3.63, 3.8) is 0 Å². The first-order chi connectivity index (χ1) is 25.4. The van der Waals surface area contributed by atoms with Gasteiger partial charge in [0.1, 0.15) is 22.8 Å². The van der Waals surface area contributed by atoms with E-state index in [9.17, 15) is 14.4 Å². The summed E-state index contributed by atoms with van der Waals surface area (Å²) in [7, 11) is 6.71. The van der Waals surface area contributed by atoms with Gasteiger partial charge in [-0.25, -0.2) is 4.79 Å². The fourth-order valence-electron chi connectivity index (χ4n) is 7.02. The van der Waals surface area contributed by atoms with E-state index in [1.807, 2.05) is 63.1 Å². The largest absolute Gasteiger partial charge is 0.497 e. The van der Waals surface area contributed by atoms with Crippen LogP contribution in [0.15, 0.2) is 42.6 Å². The molecule has 2 atom stereocenters. The Labute approximate surface area is 313 Å². The third kappa shape index (κ3) is 10.8. The van der Waals surface area contributed by atoms with Gasteiger partial charge in [0, 0.05) is 88.4 Å². The highest BCUT2D eigenvalue weighted by atomic mass is 16.6. The maximum absolute atomic E-state index is 15.0. The van der Waals surface area contributed by atoms with E-state index in [0.717, 1.165) is 53.5 Å². The van der Waals surface area contributed by atoms with Crippen LogP contribution in [0.1, 0.15) is 82.8 Å². The lowest BCUT2D eigenvalue weighted by atomic mass is 9.79. The molecule has 0 bridgehead atoms. The van der Waals surface area contributed by atoms with Crippen LogP contribution in [0.4, 0.5) is 4.79 Å². The van der Waals surface area contributed by atoms with Gasteiger partial charge in [0.05, 0.1) is 33.4 Å². The minimum absolute atomic E-state index is 0.0196. The van der Waals surface area contributed by atoms with Crippen molar-refractivity contribution in [1.82, 2.24) is 14.4 Å². The Bertz CT molecular complexity index is 1710. The van der Waals surface area contributed by atoms with E-state index in [1.165, 1.54) is 7.11 Å². The molecule has 2 amide bonds. The number of carbonyl (C=O) groups excluding carboxylic acids is 3. The molecule has 290 valence electrons. The second-order valence-corrected chi connectivity index (χ2v) is 15.1. The van der Waals surface area contributed by atoms with Gasteiger partial charge in [0.15, 0.2) is 0 Å². The normalized spacial score (nSPS) is 17.4. The topological polar surface area (TPSA) is 118 Å². The number of amides is 2. The number of nitrogens with zero attached hydrogens (tertiary/aromatic N) is 3. The minimum Gasteiger partial charge on any atom is -0.497 e. The fraction of sp³-hybridized carbons (Fsp3) is 0.585. The summed E-state index contributed by atoms with van der Waals surface area (Å²) in [6.07, 6.45) is 6.69. The van der Waals surface area contributed by atoms with Crippen molar-refractivity contribution in [1.29, 1.82) is 0 Å². The molecular formula is C41H57N3O9. The van der Waals surface area contributed by atoms with Gasteiger partial charge in [-0.15, -0.1) is 0 Å². The van der Waals surface area contributed by atoms with Crippen molar-refractivity contribution in [3.8, 4) is 17.2 Å². The number of ether oxygens (including phenoxy) is 6. The summed E-state index contributed by atoms with van der Waals surface area (Å²) < 4.78 is 35.6. The van der Waals surface area contributed by atoms with Crippen LogP contribution in [0.5, 0.6) is 17.2 Å². The SMILES string of the molecule is COCCCOc1cc(CN(C(=O)[C@H]2CN(C(=O)OC(C)(C)C)CC[C@@H]2c2cn(C)c3ccc(OCCCCC(=O)OC)cc23)C2CC2)cc(OC)c1. The Morgan fingerprint density at radius 3 is 2.30 bits per heavy atom. The quantitative estimate of drug-likeness (QED) is 0.108. The minimum atomic E-state index is -0.658. The van der Waals surface area contributed by atoms with E-state index in [2.05, 4.69) is 16.8 Å². The molecule has 0 radical (unpaired) electrons. The molecule has 2 fully saturated rings. The van der Waals surface area contributed by atoms with E-state index in [-0.39, 0.29) is 30.4 Å². The first-order valence-electron chi connectivity index (χ1n) is 18.8. The highest BCUT2D eigenvalue weighted by Crippen LogP contribution is 2.42. The smallest absolute Gasteiger partial charge is 0.410 e. The van der Waals surface area contributed by atoms with Crippen LogP contribution in [0.25, 0.3) is 10.9 Å². The molecule has 1 aromatic heterocycles. The van der Waals surface area contributed by atoms with Gasteiger partial charge < -0.3 is 42.8 Å². The highest BCUT2D eigenvalue weighted by molar-refractivity contribution is 5.88. The summed E-state index contributed by atoms with van der Waals surface area (Å²) in [5.41, 5.74) is 2.35. The summed E-state index contributed by atoms with van der Waals surface area (Å²) in [6, 6.07) is 12.0. The first kappa shape index (κ1) is 39.8. The number of esters is 1. The zero-order valence-corrected chi connectivity index (χ0v) is 32.5. The van der Waals surface area contributed by atoms with Gasteiger partial charge in [0.25, 0.3) is 0 Å². The van der Waals surface area contributed by atoms with E-state index >= 15 is 0 Å². The average molecular weight is 736 g/mol. The number of carbonyl (C=O) groups is 3. The van der Waals surface area contributed by atoms with Crippen LogP contribution < -0.4 is 14.2 Å². The molecule has 1 aliphatic heterocycles. The molecule has 2 aromatic carbocycles. The Morgan fingerprint density at radius 2 is 1.60 bits per heavy atom. The molecule has 1 saturated carbocycles. The Hall–Kier alpha value is -4.45. The number of methoxy groups -OCH3 is 3. The number of likely N-dealkylation sites (tertiary alicyclic amines) is 1. The predicted molar refractivity (Wildman–Crippen MR) is 201 cm³/mol. The number of benzene rings is 2. The van der Waals surface area contributed by atoms with Gasteiger partial charge in [-0.3, -0.25) is 9.59 Å². The predicted octanol–water partition coefficient (Wildman–Crippen LogP) is 6.86. The molecule has 1 aliphatic carbocycles. The van der Waals surface area contributed by atoms with Crippen LogP contribution in [-0.2, 0) is 37.4 Å². The molecule has 1 saturated heterocycles. The molecule has 0 spiro atoms. The van der Waals surface area contributed by atoms with Crippen LogP contribution in [0.2, 0.25) is 0 Å². The Morgan fingerprint density at radius 1 is 0.868 bits per heavy atom. The summed E-state index contributed by atoms with van der Waals surface area (Å²) in [6.45, 7) is 8.26. The van der Waals surface area contributed by atoms with E-state index in [0.29, 0.717) is 63.7 Å². The lowest BCUT2D eigenvalue weighted by Gasteiger charge is -2.40. The number of fused-ring (bicyclic) bond motifs is 1. The number of hydrogen-bond donors (Lipinski definition) is 0. The lowest BCUT2D eigenvalue weighted by molar-refractivity contribution is -0.141. The molecule has 2 aliphatic rings. The van der Waals surface area contributed by atoms with Crippen molar-refractivity contribution in [2.24, 2.45) is 13.0 Å². The standard InChI is InChI=1S/C41H57N3O9/c1-41(2,3)53-40(47)43-17-16-33(35-26-42(4)37-15-14-30(24-34(35)37)51-19-9-8-11-38(45)50-7)36(27-43)39(46)44(29-12-13-29)25-28-21-31(49-6)23-32(22-28)52-20-10-18-48-5/h14-15,21-24,26,29,33,36H,8-13,16-20,25,27H2,1-7H3/t33-,36+/m1/s1. The highest BCUT2D eigenvalue weighted by Gasteiger charge is 2.44. The van der Waals surface area contributed by atoms with E-state index in [4.69, 9.17) is 28.4 Å². The van der Waals surface area contributed by atoms with Gasteiger partial charge in [0.2, 0.25) is 5.91 Å². The van der Waals surface area contributed by atoms with Crippen molar-refractivity contribution >= 4 is 28.9 Å². The van der Waals surface area contributed by atoms with E-state index < -0.39 is 17.6 Å². The molecule has 0 unspecified atom stereocenters. The van der Waals surface area contributed by atoms with E-state index in [1.54, 1.807) is 19.1 Å². The molecular weight excluding hydrogens is 678 g/mol. The van der Waals surface area contributed by atoms with Gasteiger partial charge in [-0.2, -0.15) is 0 Å². The van der Waals surface area contributed by atoms with Crippen LogP contribution in [0, 0.1) is 5.92 Å². The zero-order chi connectivity index (χ0) is 38.1. The molecule has 2 heterocycles. The molecule has 5 rings (SSSR count). The van der Waals surface area contributed by atoms with Crippen molar-refractivity contribution in [2.45, 2.75) is 89.8 Å². The summed E-state index contributed by atoms with van der Waals surface area (Å²) in [5, 5.41) is 1.02. The number of aromatic nitrogens is 1. The summed E-state index contributed by atoms with van der Waals surface area (Å²) >= 11 is 0. The lowest BCUT2D eigenvalue weighted by Crippen LogP contribution is -2.51. The second kappa shape index (κ2) is 18.1. The average Bonchev–Trinajstić information content (AvgIpc) is 3.93. The number of unbranched alkanes of at least 4 members (excludes halogenated alkanes) is 1. The van der Waals surface area contributed by atoms with Crippen molar-refractivity contribution in [2.75, 3.05) is 54.2 Å². The monoisotopic (exact) mass is 735 g/mol. The number of piperidine rings is 1. The van der Waals surface area contributed by atoms with Crippen LogP contribution in [0.3, 0.4) is 0 Å². The number of aryl methyl sites for hydroxylation is 1.